The Labute approximate surface area is 256 Å². The van der Waals surface area contributed by atoms with Crippen LogP contribution in [0.15, 0.2) is 12.4 Å². The van der Waals surface area contributed by atoms with Crippen molar-refractivity contribution >= 4 is 49.4 Å². The minimum atomic E-state index is -0.792. The van der Waals surface area contributed by atoms with Crippen molar-refractivity contribution in [1.29, 1.82) is 5.26 Å². The predicted molar refractivity (Wildman–Crippen MR) is 163 cm³/mol. The van der Waals surface area contributed by atoms with Crippen molar-refractivity contribution in [3.63, 3.8) is 0 Å². The van der Waals surface area contributed by atoms with E-state index in [1.165, 1.54) is 6.42 Å². The molecule has 0 atom stereocenters. The summed E-state index contributed by atoms with van der Waals surface area (Å²) in [5.74, 6) is -0.874. The molecule has 0 unspecified atom stereocenters. The van der Waals surface area contributed by atoms with E-state index >= 15 is 8.78 Å². The number of hydrogen-bond acceptors (Lipinski definition) is 10. The third-order valence-electron chi connectivity index (χ3n) is 8.47. The Morgan fingerprint density at radius 3 is 2.57 bits per heavy atom. The van der Waals surface area contributed by atoms with Gasteiger partial charge in [-0.3, -0.25) is 10.3 Å². The lowest BCUT2D eigenvalue weighted by Crippen LogP contribution is -2.50. The number of ether oxygens (including phenoxy) is 2. The van der Waals surface area contributed by atoms with E-state index in [4.69, 9.17) is 14.5 Å². The summed E-state index contributed by atoms with van der Waals surface area (Å²) in [6, 6.07) is 2.63. The molecule has 2 saturated heterocycles. The highest BCUT2D eigenvalue weighted by Crippen LogP contribution is 2.46. The van der Waals surface area contributed by atoms with Gasteiger partial charge in [0.2, 0.25) is 5.95 Å². The van der Waals surface area contributed by atoms with Crippen molar-refractivity contribution in [1.82, 2.24) is 19.9 Å². The van der Waals surface area contributed by atoms with Gasteiger partial charge in [0.15, 0.2) is 11.6 Å². The van der Waals surface area contributed by atoms with Crippen LogP contribution in [0.4, 0.5) is 24.5 Å². The molecular formula is C31H31F2N7O3S. The van der Waals surface area contributed by atoms with E-state index in [9.17, 15) is 10.1 Å². The van der Waals surface area contributed by atoms with Crippen molar-refractivity contribution < 1.29 is 23.0 Å². The third kappa shape index (κ3) is 4.91. The van der Waals surface area contributed by atoms with Crippen LogP contribution < -0.4 is 10.2 Å². The van der Waals surface area contributed by atoms with Crippen LogP contribution in [0, 0.1) is 23.0 Å². The Morgan fingerprint density at radius 1 is 1.14 bits per heavy atom. The van der Waals surface area contributed by atoms with E-state index in [2.05, 4.69) is 31.2 Å². The smallest absolute Gasteiger partial charge is 0.412 e. The monoisotopic (exact) mass is 619 g/mol. The lowest BCUT2D eigenvalue weighted by molar-refractivity contribution is 0.0636. The normalized spacial score (nSPS) is 17.5. The summed E-state index contributed by atoms with van der Waals surface area (Å²) in [5.41, 5.74) is 0.791. The maximum Gasteiger partial charge on any atom is 0.412 e. The topological polar surface area (TPSA) is 116 Å². The molecule has 0 spiro atoms. The van der Waals surface area contributed by atoms with Gasteiger partial charge >= 0.3 is 6.09 Å². The van der Waals surface area contributed by atoms with E-state index in [1.807, 2.05) is 0 Å². The first kappa shape index (κ1) is 28.8. The zero-order valence-electron chi connectivity index (χ0n) is 24.7. The van der Waals surface area contributed by atoms with Gasteiger partial charge in [-0.15, -0.1) is 11.3 Å². The standard InChI is InChI=1S/C31H31F2N7O3S/c1-31(2,3)43-30(41)38-28-17(11-34)23-26(35-13-21(32)27(23)44-28)22-20-15-42-14-19(20)18-12-36-29(37-25(18)24(22)33)40-9-5-16(6-10-40)39-7-4-8-39/h12-13,16H,4-10,14-15H2,1-3H3,(H,38,41). The number of pyridine rings is 1. The highest BCUT2D eigenvalue weighted by molar-refractivity contribution is 7.23. The van der Waals surface area contributed by atoms with Gasteiger partial charge in [0, 0.05) is 41.7 Å². The summed E-state index contributed by atoms with van der Waals surface area (Å²) in [7, 11) is 0. The number of anilines is 2. The molecule has 1 aromatic carbocycles. The van der Waals surface area contributed by atoms with Gasteiger partial charge in [-0.05, 0) is 64.3 Å². The molecule has 7 rings (SSSR count). The number of rotatable bonds is 4. The molecule has 44 heavy (non-hydrogen) atoms. The number of piperidine rings is 1. The van der Waals surface area contributed by atoms with Crippen LogP contribution >= 0.6 is 11.3 Å². The first-order valence-electron chi connectivity index (χ1n) is 14.7. The van der Waals surface area contributed by atoms with Crippen LogP contribution in [0.5, 0.6) is 0 Å². The highest BCUT2D eigenvalue weighted by atomic mass is 32.1. The number of halogens is 2. The van der Waals surface area contributed by atoms with Crippen LogP contribution in [-0.2, 0) is 22.7 Å². The maximum atomic E-state index is 16.8. The van der Waals surface area contributed by atoms with Crippen LogP contribution in [0.2, 0.25) is 0 Å². The molecular weight excluding hydrogens is 588 g/mol. The number of benzene rings is 1. The van der Waals surface area contributed by atoms with Gasteiger partial charge in [-0.2, -0.15) is 5.26 Å². The lowest BCUT2D eigenvalue weighted by atomic mass is 9.94. The van der Waals surface area contributed by atoms with E-state index in [1.54, 1.807) is 27.0 Å². The second kappa shape index (κ2) is 10.9. The fourth-order valence-electron chi connectivity index (χ4n) is 6.29. The fourth-order valence-corrected chi connectivity index (χ4v) is 7.33. The van der Waals surface area contributed by atoms with Gasteiger partial charge in [0.25, 0.3) is 0 Å². The van der Waals surface area contributed by atoms with Crippen molar-refractivity contribution in [2.24, 2.45) is 0 Å². The molecule has 3 aliphatic rings. The van der Waals surface area contributed by atoms with E-state index in [0.717, 1.165) is 62.1 Å². The number of amides is 1. The summed E-state index contributed by atoms with van der Waals surface area (Å²) in [6.45, 7) is 9.33. The highest BCUT2D eigenvalue weighted by Gasteiger charge is 2.32. The summed E-state index contributed by atoms with van der Waals surface area (Å²) < 4.78 is 43.1. The SMILES string of the molecule is CC(C)(C)OC(=O)Nc1sc2c(F)cnc(-c3c4c(c5cnc(N6CCC(N7CCC7)CC6)nc5c3F)COC4)c2c1C#N. The number of likely N-dealkylation sites (tertiary alicyclic amines) is 1. The molecule has 3 aliphatic heterocycles. The first-order valence-corrected chi connectivity index (χ1v) is 15.5. The molecule has 1 amide bonds. The number of nitrogens with one attached hydrogen (secondary N) is 1. The molecule has 0 bridgehead atoms. The number of hydrogen-bond donors (Lipinski definition) is 1. The molecule has 4 aromatic rings. The van der Waals surface area contributed by atoms with Crippen LogP contribution in [0.3, 0.4) is 0 Å². The molecule has 0 radical (unpaired) electrons. The zero-order chi connectivity index (χ0) is 30.7. The number of aromatic nitrogens is 3. The van der Waals surface area contributed by atoms with Gasteiger partial charge in [0.1, 0.15) is 22.2 Å². The zero-order valence-corrected chi connectivity index (χ0v) is 25.5. The average Bonchev–Trinajstić information content (AvgIpc) is 3.58. The number of nitriles is 1. The molecule has 0 saturated carbocycles. The third-order valence-corrected chi connectivity index (χ3v) is 9.59. The summed E-state index contributed by atoms with van der Waals surface area (Å²) >= 11 is 0.871. The molecule has 6 heterocycles. The number of nitrogens with zero attached hydrogens (tertiary/aromatic N) is 6. The molecule has 0 aliphatic carbocycles. The summed E-state index contributed by atoms with van der Waals surface area (Å²) in [4.78, 5) is 30.8. The number of carbonyl (C=O) groups excluding carboxylic acids is 1. The fraction of sp³-hybridized carbons (Fsp3) is 0.452. The average molecular weight is 620 g/mol. The van der Waals surface area contributed by atoms with Crippen molar-refractivity contribution in [2.45, 2.75) is 64.9 Å². The number of carbonyl (C=O) groups is 1. The van der Waals surface area contributed by atoms with Gasteiger partial charge < -0.3 is 19.3 Å². The second-order valence-corrected chi connectivity index (χ2v) is 13.4. The Bertz CT molecular complexity index is 1850. The Kier molecular flexibility index (Phi) is 7.10. The molecule has 10 nitrogen and oxygen atoms in total. The lowest BCUT2D eigenvalue weighted by Gasteiger charge is -2.42. The summed E-state index contributed by atoms with van der Waals surface area (Å²) in [6.07, 6.45) is 5.12. The largest absolute Gasteiger partial charge is 0.444 e. The van der Waals surface area contributed by atoms with Gasteiger partial charge in [-0.25, -0.2) is 23.5 Å². The quantitative estimate of drug-likeness (QED) is 0.289. The maximum absolute atomic E-state index is 16.8. The van der Waals surface area contributed by atoms with Gasteiger partial charge in [-0.1, -0.05) is 0 Å². The number of fused-ring (bicyclic) bond motifs is 4. The van der Waals surface area contributed by atoms with Crippen LogP contribution in [-0.4, -0.2) is 63.8 Å². The van der Waals surface area contributed by atoms with Gasteiger partial charge in [0.05, 0.1) is 35.4 Å². The predicted octanol–water partition coefficient (Wildman–Crippen LogP) is 6.11. The molecule has 228 valence electrons. The molecule has 3 aromatic heterocycles. The van der Waals surface area contributed by atoms with E-state index in [-0.39, 0.29) is 50.6 Å². The van der Waals surface area contributed by atoms with Crippen LogP contribution in [0.1, 0.15) is 56.7 Å². The minimum absolute atomic E-state index is 0.0292. The molecule has 13 heteroatoms. The summed E-state index contributed by atoms with van der Waals surface area (Å²) in [5, 5.41) is 13.5. The van der Waals surface area contributed by atoms with Crippen LogP contribution in [0.25, 0.3) is 32.2 Å². The van der Waals surface area contributed by atoms with E-state index in [0.29, 0.717) is 22.9 Å². The molecule has 2 fully saturated rings. The number of thiophene rings is 1. The molecule has 1 N–H and O–H groups in total. The second-order valence-electron chi connectivity index (χ2n) is 12.4. The minimum Gasteiger partial charge on any atom is -0.444 e. The Morgan fingerprint density at radius 2 is 1.89 bits per heavy atom. The van der Waals surface area contributed by atoms with Crippen molar-refractivity contribution in [3.8, 4) is 17.3 Å². The Balaban J connectivity index is 1.33. The first-order chi connectivity index (χ1) is 21.1. The van der Waals surface area contributed by atoms with Crippen molar-refractivity contribution in [3.05, 3.63) is 40.7 Å². The van der Waals surface area contributed by atoms with Crippen molar-refractivity contribution in [2.75, 3.05) is 36.4 Å². The van der Waals surface area contributed by atoms with E-state index < -0.39 is 23.3 Å². The Hall–Kier alpha value is -3.99.